The van der Waals surface area contributed by atoms with Crippen LogP contribution in [0.2, 0.25) is 0 Å². The molecule has 1 saturated heterocycles. The molecule has 0 aliphatic carbocycles. The van der Waals surface area contributed by atoms with Gasteiger partial charge in [-0.2, -0.15) is 5.26 Å². The molecule has 1 aromatic rings. The molecule has 0 spiro atoms. The first-order valence-electron chi connectivity index (χ1n) is 7.18. The summed E-state index contributed by atoms with van der Waals surface area (Å²) < 4.78 is 26.5. The molecule has 0 bridgehead atoms. The summed E-state index contributed by atoms with van der Waals surface area (Å²) in [5, 5.41) is 12.1. The van der Waals surface area contributed by atoms with Crippen molar-refractivity contribution in [1.29, 1.82) is 5.26 Å². The quantitative estimate of drug-likeness (QED) is 0.914. The SMILES string of the molecule is CN(C1CCCNCC1)S(=O)(=O)Cc1ccc(C#N)cc1. The summed E-state index contributed by atoms with van der Waals surface area (Å²) in [7, 11) is -1.65. The zero-order chi connectivity index (χ0) is 15.3. The molecule has 0 amide bonds. The molecule has 114 valence electrons. The first-order valence-corrected chi connectivity index (χ1v) is 8.79. The lowest BCUT2D eigenvalue weighted by Gasteiger charge is -2.26. The molecule has 0 saturated carbocycles. The molecular weight excluding hydrogens is 286 g/mol. The Balaban J connectivity index is 2.07. The van der Waals surface area contributed by atoms with E-state index in [4.69, 9.17) is 5.26 Å². The van der Waals surface area contributed by atoms with Crippen molar-refractivity contribution in [2.24, 2.45) is 0 Å². The fourth-order valence-corrected chi connectivity index (χ4v) is 4.06. The third-order valence-corrected chi connectivity index (χ3v) is 5.80. The molecule has 21 heavy (non-hydrogen) atoms. The summed E-state index contributed by atoms with van der Waals surface area (Å²) in [5.74, 6) is -0.0147. The second kappa shape index (κ2) is 7.03. The van der Waals surface area contributed by atoms with Crippen LogP contribution in [0.25, 0.3) is 0 Å². The highest BCUT2D eigenvalue weighted by atomic mass is 32.2. The van der Waals surface area contributed by atoms with Crippen molar-refractivity contribution in [1.82, 2.24) is 9.62 Å². The number of sulfonamides is 1. The summed E-state index contributed by atoms with van der Waals surface area (Å²) in [6.07, 6.45) is 2.75. The maximum Gasteiger partial charge on any atom is 0.218 e. The molecule has 1 aliphatic heterocycles. The maximum atomic E-state index is 12.5. The lowest BCUT2D eigenvalue weighted by molar-refractivity contribution is 0.341. The first kappa shape index (κ1) is 16.0. The van der Waals surface area contributed by atoms with Crippen LogP contribution >= 0.6 is 0 Å². The second-order valence-electron chi connectivity index (χ2n) is 5.42. The van der Waals surface area contributed by atoms with Gasteiger partial charge in [-0.05, 0) is 50.0 Å². The molecule has 1 unspecified atom stereocenters. The van der Waals surface area contributed by atoms with E-state index in [0.29, 0.717) is 11.1 Å². The van der Waals surface area contributed by atoms with Crippen molar-refractivity contribution in [2.75, 3.05) is 20.1 Å². The Morgan fingerprint density at radius 3 is 2.67 bits per heavy atom. The lowest BCUT2D eigenvalue weighted by Crippen LogP contribution is -2.38. The van der Waals surface area contributed by atoms with Gasteiger partial charge in [-0.25, -0.2) is 12.7 Å². The molecule has 1 heterocycles. The van der Waals surface area contributed by atoms with Crippen LogP contribution < -0.4 is 5.32 Å². The van der Waals surface area contributed by atoms with Gasteiger partial charge in [0.1, 0.15) is 0 Å². The van der Waals surface area contributed by atoms with E-state index in [1.165, 1.54) is 4.31 Å². The molecule has 1 aliphatic rings. The largest absolute Gasteiger partial charge is 0.317 e. The van der Waals surface area contributed by atoms with E-state index in [1.54, 1.807) is 31.3 Å². The van der Waals surface area contributed by atoms with Crippen molar-refractivity contribution >= 4 is 10.0 Å². The third kappa shape index (κ3) is 4.27. The van der Waals surface area contributed by atoms with Crippen LogP contribution in [-0.4, -0.2) is 38.9 Å². The molecule has 0 radical (unpaired) electrons. The summed E-state index contributed by atoms with van der Waals surface area (Å²) in [4.78, 5) is 0. The molecule has 0 aromatic heterocycles. The van der Waals surface area contributed by atoms with Crippen LogP contribution in [0.4, 0.5) is 0 Å². The summed E-state index contributed by atoms with van der Waals surface area (Å²) in [6.45, 7) is 1.82. The van der Waals surface area contributed by atoms with Gasteiger partial charge < -0.3 is 5.32 Å². The minimum atomic E-state index is -3.33. The summed E-state index contributed by atoms with van der Waals surface area (Å²) in [6, 6.07) is 8.82. The fraction of sp³-hybridized carbons (Fsp3) is 0.533. The monoisotopic (exact) mass is 307 g/mol. The highest BCUT2D eigenvalue weighted by molar-refractivity contribution is 7.88. The molecule has 6 heteroatoms. The highest BCUT2D eigenvalue weighted by Crippen LogP contribution is 2.18. The van der Waals surface area contributed by atoms with Crippen molar-refractivity contribution in [2.45, 2.75) is 31.1 Å². The van der Waals surface area contributed by atoms with Crippen LogP contribution in [-0.2, 0) is 15.8 Å². The van der Waals surface area contributed by atoms with Crippen molar-refractivity contribution < 1.29 is 8.42 Å². The number of rotatable bonds is 4. The first-order chi connectivity index (χ1) is 10.0. The molecular formula is C15H21N3O2S. The van der Waals surface area contributed by atoms with Gasteiger partial charge in [-0.15, -0.1) is 0 Å². The average molecular weight is 307 g/mol. The van der Waals surface area contributed by atoms with Crippen LogP contribution in [0.15, 0.2) is 24.3 Å². The zero-order valence-electron chi connectivity index (χ0n) is 12.2. The van der Waals surface area contributed by atoms with Crippen molar-refractivity contribution in [3.05, 3.63) is 35.4 Å². The van der Waals surface area contributed by atoms with Crippen LogP contribution in [0.1, 0.15) is 30.4 Å². The van der Waals surface area contributed by atoms with Gasteiger partial charge in [0.2, 0.25) is 10.0 Å². The van der Waals surface area contributed by atoms with E-state index in [2.05, 4.69) is 5.32 Å². The smallest absolute Gasteiger partial charge is 0.218 e. The van der Waals surface area contributed by atoms with E-state index in [1.807, 2.05) is 6.07 Å². The molecule has 1 atom stereocenters. The predicted molar refractivity (Wildman–Crippen MR) is 82.1 cm³/mol. The molecule has 2 rings (SSSR count). The third-order valence-electron chi connectivity index (χ3n) is 3.93. The number of nitrogens with one attached hydrogen (secondary N) is 1. The zero-order valence-corrected chi connectivity index (χ0v) is 13.1. The molecule has 5 nitrogen and oxygen atoms in total. The minimum absolute atomic E-state index is 0.0147. The Bertz CT molecular complexity index is 597. The lowest BCUT2D eigenvalue weighted by atomic mass is 10.1. The Morgan fingerprint density at radius 1 is 1.29 bits per heavy atom. The van der Waals surface area contributed by atoms with Crippen LogP contribution in [0.5, 0.6) is 0 Å². The Morgan fingerprint density at radius 2 is 2.00 bits per heavy atom. The summed E-state index contributed by atoms with van der Waals surface area (Å²) >= 11 is 0. The van der Waals surface area contributed by atoms with Gasteiger partial charge in [0.05, 0.1) is 17.4 Å². The van der Waals surface area contributed by atoms with E-state index in [0.717, 1.165) is 32.4 Å². The number of nitrogens with zero attached hydrogens (tertiary/aromatic N) is 2. The van der Waals surface area contributed by atoms with Gasteiger partial charge in [0, 0.05) is 13.1 Å². The van der Waals surface area contributed by atoms with Crippen LogP contribution in [0, 0.1) is 11.3 Å². The number of nitriles is 1. The van der Waals surface area contributed by atoms with E-state index in [-0.39, 0.29) is 11.8 Å². The average Bonchev–Trinajstić information content (AvgIpc) is 2.76. The number of benzene rings is 1. The van der Waals surface area contributed by atoms with E-state index in [9.17, 15) is 8.42 Å². The normalized spacial score (nSPS) is 20.0. The Hall–Kier alpha value is -1.42. The van der Waals surface area contributed by atoms with Gasteiger partial charge in [0.25, 0.3) is 0 Å². The number of hydrogen-bond donors (Lipinski definition) is 1. The van der Waals surface area contributed by atoms with Gasteiger partial charge in [-0.3, -0.25) is 0 Å². The topological polar surface area (TPSA) is 73.2 Å². The maximum absolute atomic E-state index is 12.5. The molecule has 1 fully saturated rings. The van der Waals surface area contributed by atoms with Crippen molar-refractivity contribution in [3.8, 4) is 6.07 Å². The molecule has 1 N–H and O–H groups in total. The van der Waals surface area contributed by atoms with Gasteiger partial charge in [0.15, 0.2) is 0 Å². The second-order valence-corrected chi connectivity index (χ2v) is 7.44. The molecule has 1 aromatic carbocycles. The summed E-state index contributed by atoms with van der Waals surface area (Å²) in [5.41, 5.74) is 1.26. The van der Waals surface area contributed by atoms with Crippen molar-refractivity contribution in [3.63, 3.8) is 0 Å². The Kier molecular flexibility index (Phi) is 5.34. The van der Waals surface area contributed by atoms with Crippen LogP contribution in [0.3, 0.4) is 0 Å². The van der Waals surface area contributed by atoms with E-state index < -0.39 is 10.0 Å². The number of hydrogen-bond acceptors (Lipinski definition) is 4. The Labute approximate surface area is 126 Å². The standard InChI is InChI=1S/C15H21N3O2S/c1-18(15-3-2-9-17-10-8-15)21(19,20)12-14-6-4-13(11-16)5-7-14/h4-7,15,17H,2-3,8-10,12H2,1H3. The predicted octanol–water partition coefficient (Wildman–Crippen LogP) is 1.46. The van der Waals surface area contributed by atoms with E-state index >= 15 is 0 Å². The van der Waals surface area contributed by atoms with Gasteiger partial charge >= 0.3 is 0 Å². The highest BCUT2D eigenvalue weighted by Gasteiger charge is 2.26. The fourth-order valence-electron chi connectivity index (χ4n) is 2.58. The van der Waals surface area contributed by atoms with Gasteiger partial charge in [-0.1, -0.05) is 12.1 Å². The minimum Gasteiger partial charge on any atom is -0.317 e.